The summed E-state index contributed by atoms with van der Waals surface area (Å²) in [6.07, 6.45) is 12.9. The van der Waals surface area contributed by atoms with Crippen molar-refractivity contribution in [3.8, 4) is 0 Å². The van der Waals surface area contributed by atoms with Crippen LogP contribution in [0.3, 0.4) is 0 Å². The number of nitrogens with zero attached hydrogens (tertiary/aromatic N) is 2. The molecule has 0 amide bonds. The van der Waals surface area contributed by atoms with Crippen LogP contribution in [0.5, 0.6) is 0 Å². The van der Waals surface area contributed by atoms with Crippen molar-refractivity contribution >= 4 is 0 Å². The van der Waals surface area contributed by atoms with E-state index in [9.17, 15) is 0 Å². The van der Waals surface area contributed by atoms with Crippen LogP contribution in [-0.4, -0.2) is 29.2 Å². The average Bonchev–Trinajstić information content (AvgIpc) is 2.49. The van der Waals surface area contributed by atoms with Gasteiger partial charge >= 0.3 is 0 Å². The van der Waals surface area contributed by atoms with Crippen LogP contribution in [0.15, 0.2) is 18.6 Å². The molecule has 0 aliphatic carbocycles. The number of aromatic nitrogens is 2. The lowest BCUT2D eigenvalue weighted by molar-refractivity contribution is 0.00847. The first kappa shape index (κ1) is 14.4. The van der Waals surface area contributed by atoms with Crippen molar-refractivity contribution in [3.63, 3.8) is 0 Å². The molecule has 0 radical (unpaired) electrons. The molecule has 0 saturated carbocycles. The second-order valence-corrected chi connectivity index (χ2v) is 5.20. The number of hydrogen-bond donors (Lipinski definition) is 1. The van der Waals surface area contributed by atoms with Crippen molar-refractivity contribution in [3.05, 3.63) is 24.3 Å². The molecule has 1 aliphatic heterocycles. The zero-order valence-electron chi connectivity index (χ0n) is 11.8. The summed E-state index contributed by atoms with van der Waals surface area (Å²) in [4.78, 5) is 8.60. The van der Waals surface area contributed by atoms with Crippen LogP contribution in [0.4, 0.5) is 0 Å². The Hall–Kier alpha value is -1.00. The third-order valence-corrected chi connectivity index (χ3v) is 3.63. The predicted octanol–water partition coefficient (Wildman–Crippen LogP) is 2.87. The van der Waals surface area contributed by atoms with Gasteiger partial charge in [-0.15, -0.1) is 0 Å². The van der Waals surface area contributed by atoms with Gasteiger partial charge in [0.1, 0.15) is 0 Å². The summed E-state index contributed by atoms with van der Waals surface area (Å²) in [6, 6.07) is 0.305. The lowest BCUT2D eigenvalue weighted by atomic mass is 10.00. The number of rotatable bonds is 7. The van der Waals surface area contributed by atoms with Gasteiger partial charge in [0, 0.05) is 25.2 Å². The topological polar surface area (TPSA) is 47.0 Å². The molecule has 2 unspecified atom stereocenters. The molecule has 2 heterocycles. The molecule has 0 aromatic carbocycles. The van der Waals surface area contributed by atoms with Gasteiger partial charge in [-0.25, -0.2) is 0 Å². The van der Waals surface area contributed by atoms with Crippen molar-refractivity contribution < 1.29 is 4.74 Å². The van der Waals surface area contributed by atoms with Crippen molar-refractivity contribution in [2.45, 2.75) is 57.6 Å². The molecule has 2 atom stereocenters. The van der Waals surface area contributed by atoms with Crippen molar-refractivity contribution in [2.75, 3.05) is 13.2 Å². The summed E-state index contributed by atoms with van der Waals surface area (Å²) >= 11 is 0. The number of ether oxygens (including phenoxy) is 1. The van der Waals surface area contributed by atoms with E-state index in [1.54, 1.807) is 12.4 Å². The van der Waals surface area contributed by atoms with Gasteiger partial charge in [-0.2, -0.15) is 0 Å². The highest BCUT2D eigenvalue weighted by Crippen LogP contribution is 2.22. The molecule has 1 aromatic heterocycles. The first-order chi connectivity index (χ1) is 9.40. The Balaban J connectivity index is 1.86. The van der Waals surface area contributed by atoms with Crippen LogP contribution < -0.4 is 5.32 Å². The van der Waals surface area contributed by atoms with Crippen LogP contribution in [-0.2, 0) is 4.74 Å². The van der Waals surface area contributed by atoms with E-state index in [-0.39, 0.29) is 0 Å². The van der Waals surface area contributed by atoms with Gasteiger partial charge in [-0.1, -0.05) is 6.92 Å². The minimum atomic E-state index is 0.305. The molecule has 1 N–H and O–H groups in total. The highest BCUT2D eigenvalue weighted by atomic mass is 16.5. The van der Waals surface area contributed by atoms with Crippen LogP contribution in [0.1, 0.15) is 57.2 Å². The largest absolute Gasteiger partial charge is 0.378 e. The maximum absolute atomic E-state index is 5.80. The van der Waals surface area contributed by atoms with E-state index in [2.05, 4.69) is 22.2 Å². The highest BCUT2D eigenvalue weighted by Gasteiger charge is 2.18. The molecule has 106 valence electrons. The van der Waals surface area contributed by atoms with Crippen molar-refractivity contribution in [2.24, 2.45) is 0 Å². The Labute approximate surface area is 116 Å². The molecule has 1 aliphatic rings. The predicted molar refractivity (Wildman–Crippen MR) is 75.9 cm³/mol. The minimum Gasteiger partial charge on any atom is -0.378 e. The summed E-state index contributed by atoms with van der Waals surface area (Å²) in [7, 11) is 0. The molecule has 1 aromatic rings. The fourth-order valence-corrected chi connectivity index (χ4v) is 2.55. The molecule has 0 bridgehead atoms. The summed E-state index contributed by atoms with van der Waals surface area (Å²) < 4.78 is 5.80. The normalized spacial score (nSPS) is 21.2. The average molecular weight is 263 g/mol. The van der Waals surface area contributed by atoms with Crippen LogP contribution in [0.2, 0.25) is 0 Å². The summed E-state index contributed by atoms with van der Waals surface area (Å²) in [6.45, 7) is 4.14. The summed E-state index contributed by atoms with van der Waals surface area (Å²) in [5.41, 5.74) is 1.05. The SMILES string of the molecule is CCCNC(CCC1CCCCO1)c1cnccn1. The zero-order valence-corrected chi connectivity index (χ0v) is 11.8. The minimum absolute atomic E-state index is 0.305. The molecular formula is C15H25N3O. The van der Waals surface area contributed by atoms with E-state index in [4.69, 9.17) is 4.74 Å². The van der Waals surface area contributed by atoms with E-state index >= 15 is 0 Å². The van der Waals surface area contributed by atoms with E-state index in [0.29, 0.717) is 12.1 Å². The van der Waals surface area contributed by atoms with E-state index in [1.165, 1.54) is 19.3 Å². The van der Waals surface area contributed by atoms with Crippen LogP contribution in [0, 0.1) is 0 Å². The standard InChI is InChI=1S/C15H25N3O/c1-2-8-17-14(15-12-16-9-10-18-15)7-6-13-5-3-4-11-19-13/h9-10,12-14,17H,2-8,11H2,1H3. The zero-order chi connectivity index (χ0) is 13.3. The van der Waals surface area contributed by atoms with Crippen LogP contribution in [0.25, 0.3) is 0 Å². The van der Waals surface area contributed by atoms with E-state index in [0.717, 1.165) is 38.1 Å². The Morgan fingerprint density at radius 3 is 3.05 bits per heavy atom. The molecular weight excluding hydrogens is 238 g/mol. The lowest BCUT2D eigenvalue weighted by Crippen LogP contribution is -2.26. The van der Waals surface area contributed by atoms with E-state index in [1.807, 2.05) is 6.20 Å². The van der Waals surface area contributed by atoms with Crippen molar-refractivity contribution in [1.82, 2.24) is 15.3 Å². The first-order valence-electron chi connectivity index (χ1n) is 7.51. The molecule has 1 saturated heterocycles. The molecule has 4 nitrogen and oxygen atoms in total. The third-order valence-electron chi connectivity index (χ3n) is 3.63. The Morgan fingerprint density at radius 1 is 1.42 bits per heavy atom. The Morgan fingerprint density at radius 2 is 2.37 bits per heavy atom. The maximum Gasteiger partial charge on any atom is 0.0756 e. The first-order valence-corrected chi connectivity index (χ1v) is 7.51. The Bertz CT molecular complexity index is 339. The monoisotopic (exact) mass is 263 g/mol. The van der Waals surface area contributed by atoms with E-state index < -0.39 is 0 Å². The highest BCUT2D eigenvalue weighted by molar-refractivity contribution is 5.02. The third kappa shape index (κ3) is 4.88. The van der Waals surface area contributed by atoms with Crippen LogP contribution >= 0.6 is 0 Å². The van der Waals surface area contributed by atoms with Gasteiger partial charge in [0.15, 0.2) is 0 Å². The lowest BCUT2D eigenvalue weighted by Gasteiger charge is -2.25. The second-order valence-electron chi connectivity index (χ2n) is 5.20. The molecule has 19 heavy (non-hydrogen) atoms. The Kier molecular flexibility index (Phi) is 6.24. The van der Waals surface area contributed by atoms with Gasteiger partial charge in [0.2, 0.25) is 0 Å². The number of hydrogen-bond acceptors (Lipinski definition) is 4. The molecule has 0 spiro atoms. The maximum atomic E-state index is 5.80. The van der Waals surface area contributed by atoms with Gasteiger partial charge < -0.3 is 10.1 Å². The molecule has 1 fully saturated rings. The summed E-state index contributed by atoms with van der Waals surface area (Å²) in [5, 5.41) is 3.57. The number of nitrogens with one attached hydrogen (secondary N) is 1. The second kappa shape index (κ2) is 8.23. The quantitative estimate of drug-likeness (QED) is 0.821. The van der Waals surface area contributed by atoms with Gasteiger partial charge in [-0.05, 0) is 45.1 Å². The van der Waals surface area contributed by atoms with Gasteiger partial charge in [-0.3, -0.25) is 9.97 Å². The smallest absolute Gasteiger partial charge is 0.0756 e. The summed E-state index contributed by atoms with van der Waals surface area (Å²) in [5.74, 6) is 0. The van der Waals surface area contributed by atoms with Gasteiger partial charge in [0.05, 0.1) is 17.8 Å². The van der Waals surface area contributed by atoms with Gasteiger partial charge in [0.25, 0.3) is 0 Å². The fourth-order valence-electron chi connectivity index (χ4n) is 2.55. The van der Waals surface area contributed by atoms with Crippen molar-refractivity contribution in [1.29, 1.82) is 0 Å². The fraction of sp³-hybridized carbons (Fsp3) is 0.733. The molecule has 2 rings (SSSR count). The molecule has 4 heteroatoms.